The van der Waals surface area contributed by atoms with Gasteiger partial charge in [-0.2, -0.15) is 13.2 Å². The van der Waals surface area contributed by atoms with Crippen LogP contribution in [0.5, 0.6) is 11.5 Å². The second-order valence-electron chi connectivity index (χ2n) is 9.21. The number of benzene rings is 2. The van der Waals surface area contributed by atoms with E-state index in [0.29, 0.717) is 41.8 Å². The second kappa shape index (κ2) is 11.2. The summed E-state index contributed by atoms with van der Waals surface area (Å²) in [6.45, 7) is 0.386. The van der Waals surface area contributed by atoms with Gasteiger partial charge in [-0.1, -0.05) is 41.7 Å². The Morgan fingerprint density at radius 3 is 2.60 bits per heavy atom. The Kier molecular flexibility index (Phi) is 7.66. The molecule has 0 saturated carbocycles. The number of rotatable bonds is 8. The SMILES string of the molecule is COc1ccc(Cn2c(C(F)(F)F)nc3sc(N4CCC[C@@H]4C(=O)NCc4ccccc4)nc3c2=O)c(OC)c1. The lowest BCUT2D eigenvalue weighted by Crippen LogP contribution is -2.43. The Bertz CT molecular complexity index is 1590. The molecule has 0 unspecified atom stereocenters. The average Bonchev–Trinajstić information content (AvgIpc) is 3.61. The largest absolute Gasteiger partial charge is 0.497 e. The monoisotopic (exact) mass is 573 g/mol. The minimum Gasteiger partial charge on any atom is -0.497 e. The third-order valence-corrected chi connectivity index (χ3v) is 7.68. The summed E-state index contributed by atoms with van der Waals surface area (Å²) in [6, 6.07) is 13.5. The lowest BCUT2D eigenvalue weighted by atomic mass is 10.2. The van der Waals surface area contributed by atoms with Gasteiger partial charge in [0.15, 0.2) is 15.5 Å². The van der Waals surface area contributed by atoms with Gasteiger partial charge in [-0.3, -0.25) is 14.2 Å². The summed E-state index contributed by atoms with van der Waals surface area (Å²) >= 11 is 0.871. The van der Waals surface area contributed by atoms with Crippen LogP contribution in [-0.4, -0.2) is 47.2 Å². The standard InChI is InChI=1S/C27H26F3N5O4S/c1-38-18-11-10-17(20(13-18)39-2)15-35-24(37)21-23(33-25(35)27(28,29)30)40-26(32-21)34-12-6-9-19(34)22(36)31-14-16-7-4-3-5-8-16/h3-5,7-8,10-11,13,19H,6,9,12,14-15H2,1-2H3,(H,31,36)/t19-/m1/s1. The summed E-state index contributed by atoms with van der Waals surface area (Å²) in [6.07, 6.45) is -3.65. The molecular formula is C27H26F3N5O4S. The number of alkyl halides is 3. The molecule has 5 rings (SSSR count). The van der Waals surface area contributed by atoms with E-state index in [1.165, 1.54) is 26.4 Å². The highest BCUT2D eigenvalue weighted by Crippen LogP contribution is 2.35. The van der Waals surface area contributed by atoms with Crippen LogP contribution in [0, 0.1) is 0 Å². The van der Waals surface area contributed by atoms with Crippen molar-refractivity contribution >= 4 is 32.7 Å². The van der Waals surface area contributed by atoms with Gasteiger partial charge in [-0.05, 0) is 30.5 Å². The molecule has 0 spiro atoms. The van der Waals surface area contributed by atoms with Gasteiger partial charge < -0.3 is 19.7 Å². The number of carbonyl (C=O) groups excluding carboxylic acids is 1. The molecule has 4 aromatic rings. The molecule has 1 fully saturated rings. The van der Waals surface area contributed by atoms with Crippen LogP contribution in [0.2, 0.25) is 0 Å². The summed E-state index contributed by atoms with van der Waals surface area (Å²) in [4.78, 5) is 36.3. The predicted octanol–water partition coefficient (Wildman–Crippen LogP) is 4.22. The highest BCUT2D eigenvalue weighted by molar-refractivity contribution is 7.21. The van der Waals surface area contributed by atoms with Crippen LogP contribution >= 0.6 is 11.3 Å². The number of ether oxygens (including phenoxy) is 2. The molecule has 1 saturated heterocycles. The van der Waals surface area contributed by atoms with Gasteiger partial charge in [0.1, 0.15) is 17.5 Å². The van der Waals surface area contributed by atoms with Gasteiger partial charge >= 0.3 is 6.18 Å². The Morgan fingerprint density at radius 2 is 1.90 bits per heavy atom. The molecule has 13 heteroatoms. The maximum Gasteiger partial charge on any atom is 0.449 e. The van der Waals surface area contributed by atoms with Gasteiger partial charge in [0.05, 0.1) is 20.8 Å². The summed E-state index contributed by atoms with van der Waals surface area (Å²) in [5, 5.41) is 3.20. The number of methoxy groups -OCH3 is 2. The Balaban J connectivity index is 1.48. The second-order valence-corrected chi connectivity index (χ2v) is 10.2. The van der Waals surface area contributed by atoms with E-state index in [1.807, 2.05) is 30.3 Å². The van der Waals surface area contributed by atoms with Crippen molar-refractivity contribution in [3.05, 3.63) is 75.8 Å². The predicted molar refractivity (Wildman–Crippen MR) is 144 cm³/mol. The zero-order valence-electron chi connectivity index (χ0n) is 21.7. The smallest absolute Gasteiger partial charge is 0.449 e. The normalized spacial score (nSPS) is 15.4. The summed E-state index contributed by atoms with van der Waals surface area (Å²) in [7, 11) is 2.83. The van der Waals surface area contributed by atoms with Crippen LogP contribution in [0.3, 0.4) is 0 Å². The first-order valence-electron chi connectivity index (χ1n) is 12.5. The molecule has 40 heavy (non-hydrogen) atoms. The van der Waals surface area contributed by atoms with Crippen LogP contribution in [0.4, 0.5) is 18.3 Å². The summed E-state index contributed by atoms with van der Waals surface area (Å²) < 4.78 is 53.3. The summed E-state index contributed by atoms with van der Waals surface area (Å²) in [5.74, 6) is -0.834. The number of nitrogens with zero attached hydrogens (tertiary/aromatic N) is 4. The van der Waals surface area contributed by atoms with E-state index in [9.17, 15) is 22.8 Å². The van der Waals surface area contributed by atoms with Crippen molar-refractivity contribution in [2.75, 3.05) is 25.7 Å². The van der Waals surface area contributed by atoms with Crippen molar-refractivity contribution in [3.8, 4) is 11.5 Å². The first-order valence-corrected chi connectivity index (χ1v) is 13.3. The fourth-order valence-electron chi connectivity index (χ4n) is 4.71. The van der Waals surface area contributed by atoms with E-state index in [2.05, 4.69) is 15.3 Å². The van der Waals surface area contributed by atoms with E-state index in [1.54, 1.807) is 11.0 Å². The van der Waals surface area contributed by atoms with Gasteiger partial charge in [-0.25, -0.2) is 9.97 Å². The van der Waals surface area contributed by atoms with Crippen molar-refractivity contribution in [3.63, 3.8) is 0 Å². The van der Waals surface area contributed by atoms with E-state index in [4.69, 9.17) is 9.47 Å². The van der Waals surface area contributed by atoms with Gasteiger partial charge in [0.2, 0.25) is 11.7 Å². The van der Waals surface area contributed by atoms with E-state index in [0.717, 1.165) is 16.9 Å². The van der Waals surface area contributed by atoms with Crippen LogP contribution < -0.4 is 25.2 Å². The molecule has 2 aromatic heterocycles. The number of aromatic nitrogens is 3. The molecular weight excluding hydrogens is 547 g/mol. The molecule has 210 valence electrons. The first kappa shape index (κ1) is 27.4. The van der Waals surface area contributed by atoms with Crippen molar-refractivity contribution in [1.82, 2.24) is 19.9 Å². The molecule has 1 atom stereocenters. The zero-order chi connectivity index (χ0) is 28.4. The van der Waals surface area contributed by atoms with Gasteiger partial charge in [0.25, 0.3) is 5.56 Å². The van der Waals surface area contributed by atoms with Crippen LogP contribution in [0.25, 0.3) is 10.3 Å². The first-order chi connectivity index (χ1) is 19.2. The molecule has 9 nitrogen and oxygen atoms in total. The number of carbonyl (C=O) groups is 1. The highest BCUT2D eigenvalue weighted by atomic mass is 32.1. The summed E-state index contributed by atoms with van der Waals surface area (Å²) in [5.41, 5.74) is 0.165. The number of hydrogen-bond donors (Lipinski definition) is 1. The van der Waals surface area contributed by atoms with Crippen molar-refractivity contribution in [2.24, 2.45) is 0 Å². The van der Waals surface area contributed by atoms with E-state index >= 15 is 0 Å². The van der Waals surface area contributed by atoms with E-state index < -0.39 is 30.1 Å². The van der Waals surface area contributed by atoms with Crippen LogP contribution in [-0.2, 0) is 24.1 Å². The number of hydrogen-bond acceptors (Lipinski definition) is 8. The van der Waals surface area contributed by atoms with Crippen LogP contribution in [0.1, 0.15) is 29.8 Å². The number of anilines is 1. The molecule has 1 aliphatic rings. The number of halogens is 3. The molecule has 1 amide bonds. The Labute approximate surface area is 231 Å². The molecule has 0 aliphatic carbocycles. The molecule has 0 radical (unpaired) electrons. The van der Waals surface area contributed by atoms with E-state index in [-0.39, 0.29) is 27.1 Å². The van der Waals surface area contributed by atoms with Crippen LogP contribution in [0.15, 0.2) is 53.3 Å². The lowest BCUT2D eigenvalue weighted by Gasteiger charge is -2.23. The maximum atomic E-state index is 14.1. The molecule has 0 bridgehead atoms. The van der Waals surface area contributed by atoms with Crippen molar-refractivity contribution < 1.29 is 27.4 Å². The third-order valence-electron chi connectivity index (χ3n) is 6.70. The average molecular weight is 574 g/mol. The van der Waals surface area contributed by atoms with Gasteiger partial charge in [0, 0.05) is 24.7 Å². The topological polar surface area (TPSA) is 98.6 Å². The number of fused-ring (bicyclic) bond motifs is 1. The van der Waals surface area contributed by atoms with Gasteiger partial charge in [-0.15, -0.1) is 0 Å². The molecule has 1 aliphatic heterocycles. The quantitative estimate of drug-likeness (QED) is 0.337. The highest BCUT2D eigenvalue weighted by Gasteiger charge is 2.39. The number of amides is 1. The molecule has 2 aromatic carbocycles. The van der Waals surface area contributed by atoms with Crippen molar-refractivity contribution in [2.45, 2.75) is 38.1 Å². The Morgan fingerprint density at radius 1 is 1.12 bits per heavy atom. The fraction of sp³-hybridized carbons (Fsp3) is 0.333. The molecule has 1 N–H and O–H groups in total. The zero-order valence-corrected chi connectivity index (χ0v) is 22.5. The maximum absolute atomic E-state index is 14.1. The van der Waals surface area contributed by atoms with Crippen molar-refractivity contribution in [1.29, 1.82) is 0 Å². The number of thiazole rings is 1. The molecule has 3 heterocycles. The lowest BCUT2D eigenvalue weighted by molar-refractivity contribution is -0.147. The fourth-order valence-corrected chi connectivity index (χ4v) is 5.71. The Hall–Kier alpha value is -4.13. The minimum absolute atomic E-state index is 0.138. The number of nitrogens with one attached hydrogen (secondary N) is 1. The third kappa shape index (κ3) is 5.46. The minimum atomic E-state index is -4.90.